The summed E-state index contributed by atoms with van der Waals surface area (Å²) in [7, 11) is 1.67. The highest BCUT2D eigenvalue weighted by atomic mass is 32.2. The van der Waals surface area contributed by atoms with Gasteiger partial charge in [0.25, 0.3) is 5.91 Å². The number of nitrogens with zero attached hydrogens (tertiary/aromatic N) is 5. The Labute approximate surface area is 323 Å². The minimum Gasteiger partial charge on any atom is -0.459 e. The summed E-state index contributed by atoms with van der Waals surface area (Å²) in [4.78, 5) is 91.6. The first-order chi connectivity index (χ1) is 26.8. The number of nitrogens with two attached hydrogens (primary N) is 2. The summed E-state index contributed by atoms with van der Waals surface area (Å²) in [6.45, 7) is 2.89. The summed E-state index contributed by atoms with van der Waals surface area (Å²) in [5.74, 6) is -5.68. The molecule has 0 aliphatic carbocycles. The van der Waals surface area contributed by atoms with Crippen LogP contribution in [0, 0.1) is 0 Å². The van der Waals surface area contributed by atoms with Crippen molar-refractivity contribution in [2.24, 2.45) is 18.5 Å². The maximum Gasteiger partial charge on any atom is 0.513 e. The van der Waals surface area contributed by atoms with Gasteiger partial charge in [0.15, 0.2) is 11.5 Å². The number of hydrogen-bond donors (Lipinski definition) is 2. The van der Waals surface area contributed by atoms with Crippen molar-refractivity contribution < 1.29 is 56.9 Å². The van der Waals surface area contributed by atoms with Gasteiger partial charge in [0.2, 0.25) is 22.4 Å². The topological polar surface area (TPSA) is 278 Å². The van der Waals surface area contributed by atoms with Crippen molar-refractivity contribution in [2.45, 2.75) is 36.7 Å². The van der Waals surface area contributed by atoms with Gasteiger partial charge in [0.1, 0.15) is 34.3 Å². The van der Waals surface area contributed by atoms with Crippen molar-refractivity contribution in [1.29, 1.82) is 0 Å². The van der Waals surface area contributed by atoms with E-state index in [9.17, 15) is 33.6 Å². The van der Waals surface area contributed by atoms with Crippen LogP contribution in [0.1, 0.15) is 47.9 Å². The zero-order chi connectivity index (χ0) is 40.3. The lowest BCUT2D eigenvalue weighted by Crippen LogP contribution is -2.54. The standard InChI is InChI=1S/C34H31N7O13S2/c1-4-49-33(47)53-20-10-18-19(11-21(20)54-34(48)50-5-2)52-28(25(27(18)43)30(36)45)24(29(35)44)15-6-8-17(9-7-15)51-31(46)26-16(13-55-23-12-22(42)41(23)26)14-56-32-37-38-39-40(32)3/h6-11,23-24H,4-5,12-14H2,1-3H3,(H2,35,44)(H2,36,45)/t23-,24?/m0/s1. The summed E-state index contributed by atoms with van der Waals surface area (Å²) in [6, 6.07) is 7.32. The molecule has 1 fully saturated rings. The summed E-state index contributed by atoms with van der Waals surface area (Å²) >= 11 is 2.81. The number of benzene rings is 2. The molecule has 0 radical (unpaired) electrons. The van der Waals surface area contributed by atoms with E-state index in [1.165, 1.54) is 71.2 Å². The highest BCUT2D eigenvalue weighted by molar-refractivity contribution is 8.00. The fourth-order valence-electron chi connectivity index (χ4n) is 5.69. The first kappa shape index (κ1) is 39.3. The number of carbonyl (C=O) groups excluding carboxylic acids is 6. The van der Waals surface area contributed by atoms with E-state index in [-0.39, 0.29) is 58.9 Å². The van der Waals surface area contributed by atoms with Gasteiger partial charge in [0.05, 0.1) is 30.4 Å². The highest BCUT2D eigenvalue weighted by Gasteiger charge is 2.46. The lowest BCUT2D eigenvalue weighted by atomic mass is 9.91. The normalized spacial score (nSPS) is 15.4. The van der Waals surface area contributed by atoms with Gasteiger partial charge in [-0.25, -0.2) is 19.1 Å². The number of hydrogen-bond acceptors (Lipinski definition) is 18. The number of fused-ring (bicyclic) bond motifs is 2. The molecule has 4 N–H and O–H groups in total. The summed E-state index contributed by atoms with van der Waals surface area (Å²) in [5.41, 5.74) is 10.1. The van der Waals surface area contributed by atoms with E-state index < -0.39 is 64.3 Å². The Morgan fingerprint density at radius 2 is 1.64 bits per heavy atom. The van der Waals surface area contributed by atoms with Crippen LogP contribution in [0.15, 0.2) is 62.0 Å². The average Bonchev–Trinajstić information content (AvgIpc) is 3.55. The van der Waals surface area contributed by atoms with Crippen molar-refractivity contribution in [2.75, 3.05) is 24.7 Å². The molecule has 3 amide bonds. The number of aromatic nitrogens is 4. The van der Waals surface area contributed by atoms with Crippen LogP contribution in [-0.2, 0) is 30.9 Å². The van der Waals surface area contributed by atoms with Crippen molar-refractivity contribution >= 4 is 70.5 Å². The molecule has 6 rings (SSSR count). The molecule has 2 aromatic carbocycles. The molecule has 2 aliphatic rings. The third-order valence-electron chi connectivity index (χ3n) is 8.19. The van der Waals surface area contributed by atoms with E-state index in [4.69, 9.17) is 39.6 Å². The third kappa shape index (κ3) is 8.00. The van der Waals surface area contributed by atoms with Gasteiger partial charge in [-0.15, -0.1) is 16.9 Å². The van der Waals surface area contributed by atoms with E-state index in [2.05, 4.69) is 15.5 Å². The second-order valence-electron chi connectivity index (χ2n) is 11.8. The van der Waals surface area contributed by atoms with Gasteiger partial charge in [-0.3, -0.25) is 24.1 Å². The lowest BCUT2D eigenvalue weighted by molar-refractivity contribution is -0.145. The van der Waals surface area contributed by atoms with Crippen LogP contribution in [0.25, 0.3) is 11.0 Å². The molecule has 4 aromatic rings. The SMILES string of the molecule is CCOC(=O)Oc1cc2oc(C(C(N)=O)c3ccc(OC(=O)C4=C(CSc5nnnn5C)CS[C@H]5CC(=O)N45)cc3)c(C(N)=O)c(=O)c2cc1OC(=O)OCC. The zero-order valence-corrected chi connectivity index (χ0v) is 31.3. The van der Waals surface area contributed by atoms with Gasteiger partial charge in [0, 0.05) is 24.6 Å². The van der Waals surface area contributed by atoms with Crippen LogP contribution in [0.2, 0.25) is 0 Å². The van der Waals surface area contributed by atoms with Crippen molar-refractivity contribution in [3.63, 3.8) is 0 Å². The molecule has 2 aliphatic heterocycles. The van der Waals surface area contributed by atoms with Crippen LogP contribution < -0.4 is 31.1 Å². The number of thioether (sulfide) groups is 2. The van der Waals surface area contributed by atoms with Gasteiger partial charge < -0.3 is 39.6 Å². The van der Waals surface area contributed by atoms with E-state index in [0.717, 1.165) is 12.1 Å². The van der Waals surface area contributed by atoms with Crippen LogP contribution in [0.4, 0.5) is 9.59 Å². The number of β-lactam (4-membered cyclic amide) rings is 1. The Hall–Kier alpha value is -6.42. The number of esters is 1. The molecular weight excluding hydrogens is 779 g/mol. The molecule has 0 bridgehead atoms. The monoisotopic (exact) mass is 809 g/mol. The Balaban J connectivity index is 1.34. The third-order valence-corrected chi connectivity index (χ3v) is 10.6. The molecule has 22 heteroatoms. The predicted molar refractivity (Wildman–Crippen MR) is 194 cm³/mol. The van der Waals surface area contributed by atoms with Crippen molar-refractivity contribution in [3.05, 3.63) is 74.8 Å². The van der Waals surface area contributed by atoms with Gasteiger partial charge in [-0.05, 0) is 53.6 Å². The molecule has 2 atom stereocenters. The molecule has 292 valence electrons. The minimum atomic E-state index is -1.61. The molecule has 0 spiro atoms. The smallest absolute Gasteiger partial charge is 0.459 e. The largest absolute Gasteiger partial charge is 0.513 e. The quantitative estimate of drug-likeness (QED) is 0.0644. The van der Waals surface area contributed by atoms with Crippen LogP contribution in [0.5, 0.6) is 17.2 Å². The van der Waals surface area contributed by atoms with Crippen molar-refractivity contribution in [1.82, 2.24) is 25.1 Å². The van der Waals surface area contributed by atoms with Crippen molar-refractivity contribution in [3.8, 4) is 17.2 Å². The molecule has 56 heavy (non-hydrogen) atoms. The fourth-order valence-corrected chi connectivity index (χ4v) is 7.94. The second kappa shape index (κ2) is 16.5. The second-order valence-corrected chi connectivity index (χ2v) is 13.9. The Morgan fingerprint density at radius 1 is 0.982 bits per heavy atom. The van der Waals surface area contributed by atoms with Crippen LogP contribution in [0.3, 0.4) is 0 Å². The minimum absolute atomic E-state index is 0.0201. The maximum absolute atomic E-state index is 13.8. The number of aryl methyl sites for hydroxylation is 1. The van der Waals surface area contributed by atoms with E-state index in [1.54, 1.807) is 7.05 Å². The summed E-state index contributed by atoms with van der Waals surface area (Å²) < 4.78 is 32.9. The Kier molecular flexibility index (Phi) is 11.6. The van der Waals surface area contributed by atoms with Gasteiger partial charge >= 0.3 is 18.3 Å². The van der Waals surface area contributed by atoms with Gasteiger partial charge in [-0.1, -0.05) is 23.9 Å². The molecule has 1 unspecified atom stereocenters. The zero-order valence-electron chi connectivity index (χ0n) is 29.7. The first-order valence-electron chi connectivity index (χ1n) is 16.6. The van der Waals surface area contributed by atoms with E-state index in [0.29, 0.717) is 22.2 Å². The molecule has 1 saturated heterocycles. The number of rotatable bonds is 13. The van der Waals surface area contributed by atoms with Crippen LogP contribution in [-0.4, -0.2) is 91.2 Å². The number of tetrazole rings is 1. The molecule has 20 nitrogen and oxygen atoms in total. The fraction of sp³-hybridized carbons (Fsp3) is 0.294. The average molecular weight is 810 g/mol. The molecule has 2 aromatic heterocycles. The number of amides is 3. The Morgan fingerprint density at radius 3 is 2.21 bits per heavy atom. The summed E-state index contributed by atoms with van der Waals surface area (Å²) in [5, 5.41) is 11.3. The molecule has 0 saturated carbocycles. The molecular formula is C34H31N7O13S2. The first-order valence-corrected chi connectivity index (χ1v) is 18.6. The predicted octanol–water partition coefficient (Wildman–Crippen LogP) is 2.36. The van der Waals surface area contributed by atoms with E-state index in [1.807, 2.05) is 0 Å². The summed E-state index contributed by atoms with van der Waals surface area (Å²) in [6.07, 6.45) is -2.13. The maximum atomic E-state index is 13.8. The van der Waals surface area contributed by atoms with E-state index >= 15 is 0 Å². The van der Waals surface area contributed by atoms with Gasteiger partial charge in [-0.2, -0.15) is 0 Å². The highest BCUT2D eigenvalue weighted by Crippen LogP contribution is 2.42. The number of ether oxygens (including phenoxy) is 5. The number of primary amides is 2. The number of carbonyl (C=O) groups is 6. The molecule has 4 heterocycles. The van der Waals surface area contributed by atoms with Crippen LogP contribution >= 0.6 is 23.5 Å². The lowest BCUT2D eigenvalue weighted by Gasteiger charge is -2.44. The Bertz CT molecular complexity index is 2360.